The van der Waals surface area contributed by atoms with Gasteiger partial charge in [0.1, 0.15) is 5.82 Å². The summed E-state index contributed by atoms with van der Waals surface area (Å²) in [6, 6.07) is 13.3. The molecular formula is C18H17BrFN3. The first kappa shape index (κ1) is 15.7. The minimum absolute atomic E-state index is 0.236. The highest BCUT2D eigenvalue weighted by atomic mass is 79.9. The predicted molar refractivity (Wildman–Crippen MR) is 94.8 cm³/mol. The van der Waals surface area contributed by atoms with E-state index in [4.69, 9.17) is 0 Å². The Morgan fingerprint density at radius 3 is 2.61 bits per heavy atom. The van der Waals surface area contributed by atoms with Crippen molar-refractivity contribution in [2.75, 3.05) is 5.32 Å². The van der Waals surface area contributed by atoms with Crippen LogP contribution in [0.25, 0.3) is 11.3 Å². The molecule has 1 heterocycles. The number of nitrogens with zero attached hydrogens (tertiary/aromatic N) is 2. The Morgan fingerprint density at radius 2 is 1.91 bits per heavy atom. The molecular weight excluding hydrogens is 357 g/mol. The molecule has 3 rings (SSSR count). The third-order valence-corrected chi connectivity index (χ3v) is 4.56. The highest BCUT2D eigenvalue weighted by Gasteiger charge is 2.11. The zero-order valence-corrected chi connectivity index (χ0v) is 14.6. The Labute approximate surface area is 143 Å². The molecule has 0 saturated heterocycles. The summed E-state index contributed by atoms with van der Waals surface area (Å²) in [5, 5.41) is 3.19. The summed E-state index contributed by atoms with van der Waals surface area (Å²) in [5.74, 6) is 0.468. The molecule has 0 radical (unpaired) electrons. The van der Waals surface area contributed by atoms with Crippen LogP contribution >= 0.6 is 15.9 Å². The van der Waals surface area contributed by atoms with Gasteiger partial charge in [-0.1, -0.05) is 51.8 Å². The molecule has 5 heteroatoms. The van der Waals surface area contributed by atoms with Crippen molar-refractivity contribution >= 4 is 21.9 Å². The van der Waals surface area contributed by atoms with Gasteiger partial charge in [0, 0.05) is 23.6 Å². The molecule has 2 aromatic carbocycles. The molecule has 1 aromatic heterocycles. The van der Waals surface area contributed by atoms with Gasteiger partial charge in [0.15, 0.2) is 0 Å². The number of hydrogen-bond acceptors (Lipinski definition) is 2. The number of aryl methyl sites for hydroxylation is 1. The summed E-state index contributed by atoms with van der Waals surface area (Å²) in [4.78, 5) is 4.40. The number of anilines is 1. The number of aromatic nitrogens is 2. The molecule has 3 nitrogen and oxygen atoms in total. The zero-order chi connectivity index (χ0) is 16.4. The van der Waals surface area contributed by atoms with Crippen molar-refractivity contribution < 1.29 is 4.39 Å². The summed E-state index contributed by atoms with van der Waals surface area (Å²) in [6.45, 7) is 2.43. The SMILES string of the molecule is Cc1ccc(-c2cnc(NCc3c(F)cccc3Br)n2C)cc1. The van der Waals surface area contributed by atoms with E-state index in [1.807, 2.05) is 23.9 Å². The lowest BCUT2D eigenvalue weighted by Crippen LogP contribution is -2.07. The van der Waals surface area contributed by atoms with Gasteiger partial charge in [0.05, 0.1) is 11.9 Å². The first-order valence-electron chi connectivity index (χ1n) is 7.32. The van der Waals surface area contributed by atoms with E-state index in [2.05, 4.69) is 57.4 Å². The molecule has 118 valence electrons. The number of rotatable bonds is 4. The minimum atomic E-state index is -0.236. The summed E-state index contributed by atoms with van der Waals surface area (Å²) < 4.78 is 16.6. The van der Waals surface area contributed by atoms with Crippen LogP contribution in [-0.2, 0) is 13.6 Å². The Bertz CT molecular complexity index is 805. The lowest BCUT2D eigenvalue weighted by atomic mass is 10.1. The van der Waals surface area contributed by atoms with Crippen molar-refractivity contribution in [1.82, 2.24) is 9.55 Å². The molecule has 1 N–H and O–H groups in total. The average Bonchev–Trinajstić information content (AvgIpc) is 2.89. The maximum absolute atomic E-state index is 13.9. The van der Waals surface area contributed by atoms with Gasteiger partial charge in [-0.25, -0.2) is 9.37 Å². The van der Waals surface area contributed by atoms with Gasteiger partial charge in [-0.3, -0.25) is 0 Å². The molecule has 3 aromatic rings. The van der Waals surface area contributed by atoms with Crippen LogP contribution in [0.3, 0.4) is 0 Å². The van der Waals surface area contributed by atoms with Crippen LogP contribution in [-0.4, -0.2) is 9.55 Å². The first-order valence-corrected chi connectivity index (χ1v) is 8.11. The number of imidazole rings is 1. The number of halogens is 2. The number of hydrogen-bond donors (Lipinski definition) is 1. The fourth-order valence-corrected chi connectivity index (χ4v) is 2.92. The van der Waals surface area contributed by atoms with Crippen LogP contribution in [0.4, 0.5) is 10.3 Å². The lowest BCUT2D eigenvalue weighted by Gasteiger charge is -2.10. The monoisotopic (exact) mass is 373 g/mol. The van der Waals surface area contributed by atoms with Crippen molar-refractivity contribution in [3.63, 3.8) is 0 Å². The van der Waals surface area contributed by atoms with Crippen LogP contribution in [0, 0.1) is 12.7 Å². The highest BCUT2D eigenvalue weighted by molar-refractivity contribution is 9.10. The van der Waals surface area contributed by atoms with Crippen LogP contribution in [0.1, 0.15) is 11.1 Å². The maximum Gasteiger partial charge on any atom is 0.203 e. The molecule has 0 saturated carbocycles. The van der Waals surface area contributed by atoms with E-state index in [9.17, 15) is 4.39 Å². The molecule has 0 fully saturated rings. The second-order valence-corrected chi connectivity index (χ2v) is 6.30. The van der Waals surface area contributed by atoms with E-state index in [-0.39, 0.29) is 5.82 Å². The summed E-state index contributed by atoms with van der Waals surface area (Å²) in [5.41, 5.74) is 3.93. The molecule has 0 unspecified atom stereocenters. The van der Waals surface area contributed by atoms with E-state index in [1.165, 1.54) is 11.6 Å². The van der Waals surface area contributed by atoms with Crippen LogP contribution < -0.4 is 5.32 Å². The molecule has 0 atom stereocenters. The average molecular weight is 374 g/mol. The standard InChI is InChI=1S/C18H17BrFN3/c1-12-6-8-13(9-7-12)17-11-22-18(23(17)2)21-10-14-15(19)4-3-5-16(14)20/h3-9,11H,10H2,1-2H3,(H,21,22). The van der Waals surface area contributed by atoms with Crippen LogP contribution in [0.15, 0.2) is 53.1 Å². The zero-order valence-electron chi connectivity index (χ0n) is 13.0. The molecule has 0 amide bonds. The summed E-state index contributed by atoms with van der Waals surface area (Å²) in [6.07, 6.45) is 1.82. The lowest BCUT2D eigenvalue weighted by molar-refractivity contribution is 0.611. The van der Waals surface area contributed by atoms with Crippen molar-refractivity contribution in [2.45, 2.75) is 13.5 Å². The molecule has 0 aliphatic carbocycles. The Kier molecular flexibility index (Phi) is 4.48. The van der Waals surface area contributed by atoms with E-state index in [1.54, 1.807) is 6.07 Å². The molecule has 0 aliphatic rings. The Hall–Kier alpha value is -2.14. The van der Waals surface area contributed by atoms with Crippen LogP contribution in [0.5, 0.6) is 0 Å². The summed E-state index contributed by atoms with van der Waals surface area (Å²) >= 11 is 3.38. The van der Waals surface area contributed by atoms with Gasteiger partial charge < -0.3 is 9.88 Å². The molecule has 23 heavy (non-hydrogen) atoms. The maximum atomic E-state index is 13.9. The van der Waals surface area contributed by atoms with E-state index >= 15 is 0 Å². The third-order valence-electron chi connectivity index (χ3n) is 3.82. The molecule has 0 bridgehead atoms. The van der Waals surface area contributed by atoms with Crippen molar-refractivity contribution in [3.05, 3.63) is 70.1 Å². The highest BCUT2D eigenvalue weighted by Crippen LogP contribution is 2.24. The van der Waals surface area contributed by atoms with Gasteiger partial charge in [0.2, 0.25) is 5.95 Å². The van der Waals surface area contributed by atoms with Gasteiger partial charge >= 0.3 is 0 Å². The first-order chi connectivity index (χ1) is 11.1. The van der Waals surface area contributed by atoms with Crippen molar-refractivity contribution in [3.8, 4) is 11.3 Å². The second-order valence-electron chi connectivity index (χ2n) is 5.45. The molecule has 0 spiro atoms. The van der Waals surface area contributed by atoms with Crippen LogP contribution in [0.2, 0.25) is 0 Å². The van der Waals surface area contributed by atoms with E-state index in [0.717, 1.165) is 15.7 Å². The Balaban J connectivity index is 1.81. The summed E-state index contributed by atoms with van der Waals surface area (Å²) in [7, 11) is 1.95. The fourth-order valence-electron chi connectivity index (χ4n) is 2.43. The van der Waals surface area contributed by atoms with Crippen molar-refractivity contribution in [1.29, 1.82) is 0 Å². The van der Waals surface area contributed by atoms with E-state index < -0.39 is 0 Å². The molecule has 0 aliphatic heterocycles. The normalized spacial score (nSPS) is 10.8. The topological polar surface area (TPSA) is 29.9 Å². The quantitative estimate of drug-likeness (QED) is 0.703. The van der Waals surface area contributed by atoms with Crippen molar-refractivity contribution in [2.24, 2.45) is 7.05 Å². The minimum Gasteiger partial charge on any atom is -0.351 e. The fraction of sp³-hybridized carbons (Fsp3) is 0.167. The van der Waals surface area contributed by atoms with Gasteiger partial charge in [0.25, 0.3) is 0 Å². The van der Waals surface area contributed by atoms with E-state index in [0.29, 0.717) is 18.1 Å². The Morgan fingerprint density at radius 1 is 1.17 bits per heavy atom. The third kappa shape index (κ3) is 3.29. The second kappa shape index (κ2) is 6.54. The van der Waals surface area contributed by atoms with Gasteiger partial charge in [-0.05, 0) is 24.6 Å². The predicted octanol–water partition coefficient (Wildman–Crippen LogP) is 4.91. The van der Waals surface area contributed by atoms with Gasteiger partial charge in [-0.15, -0.1) is 0 Å². The smallest absolute Gasteiger partial charge is 0.203 e. The number of nitrogens with one attached hydrogen (secondary N) is 1. The largest absolute Gasteiger partial charge is 0.351 e. The van der Waals surface area contributed by atoms with Gasteiger partial charge in [-0.2, -0.15) is 0 Å². The number of benzene rings is 2.